The summed E-state index contributed by atoms with van der Waals surface area (Å²) in [6.45, 7) is 3.68. The maximum atomic E-state index is 12.4. The fraction of sp³-hybridized carbons (Fsp3) is 0.636. The number of hydrogen-bond acceptors (Lipinski definition) is 3. The largest absolute Gasteiger partial charge is 0.352 e. The standard InChI is InChI=1S/C22H33N3O2/c1-16-5-3-6-18(13-16)15-23-21(26)14-17-8-10-19(11-9-17)24-22(27)20-7-4-12-25(20)2/h3,5-6,13,17,19-20H,4,7-12,14-15H2,1-2H3,(H,23,26)(H,24,27)/t17-,19+,20-/m0/s1. The number of likely N-dealkylation sites (N-methyl/N-ethyl adjacent to an activating group) is 1. The number of carbonyl (C=O) groups is 2. The van der Waals surface area contributed by atoms with Gasteiger partial charge in [0, 0.05) is 19.0 Å². The zero-order valence-corrected chi connectivity index (χ0v) is 16.7. The normalized spacial score (nSPS) is 25.9. The number of hydrogen-bond donors (Lipinski definition) is 2. The van der Waals surface area contributed by atoms with Crippen molar-refractivity contribution in [3.63, 3.8) is 0 Å². The number of carbonyl (C=O) groups excluding carboxylic acids is 2. The van der Waals surface area contributed by atoms with E-state index in [1.807, 2.05) is 19.2 Å². The first-order valence-electron chi connectivity index (χ1n) is 10.3. The molecule has 0 radical (unpaired) electrons. The van der Waals surface area contributed by atoms with Crippen molar-refractivity contribution >= 4 is 11.8 Å². The lowest BCUT2D eigenvalue weighted by Crippen LogP contribution is -2.46. The molecule has 1 aromatic rings. The minimum atomic E-state index is 0.0510. The number of nitrogens with zero attached hydrogens (tertiary/aromatic N) is 1. The van der Waals surface area contributed by atoms with Gasteiger partial charge in [-0.2, -0.15) is 0 Å². The highest BCUT2D eigenvalue weighted by atomic mass is 16.2. The van der Waals surface area contributed by atoms with Crippen molar-refractivity contribution < 1.29 is 9.59 Å². The first kappa shape index (κ1) is 19.9. The molecule has 1 atom stereocenters. The average Bonchev–Trinajstić information content (AvgIpc) is 3.08. The van der Waals surface area contributed by atoms with Gasteiger partial charge in [-0.25, -0.2) is 0 Å². The number of nitrogens with one attached hydrogen (secondary N) is 2. The molecule has 148 valence electrons. The van der Waals surface area contributed by atoms with E-state index < -0.39 is 0 Å². The molecule has 2 fully saturated rings. The van der Waals surface area contributed by atoms with Gasteiger partial charge >= 0.3 is 0 Å². The summed E-state index contributed by atoms with van der Waals surface area (Å²) in [6.07, 6.45) is 6.68. The van der Waals surface area contributed by atoms with Crippen molar-refractivity contribution in [2.75, 3.05) is 13.6 Å². The van der Waals surface area contributed by atoms with Crippen LogP contribution in [-0.2, 0) is 16.1 Å². The molecule has 2 amide bonds. The molecule has 1 heterocycles. The van der Waals surface area contributed by atoms with E-state index in [4.69, 9.17) is 0 Å². The summed E-state index contributed by atoms with van der Waals surface area (Å²) in [5.41, 5.74) is 2.36. The molecule has 1 saturated carbocycles. The second-order valence-corrected chi connectivity index (χ2v) is 8.33. The molecule has 1 aromatic carbocycles. The van der Waals surface area contributed by atoms with Gasteiger partial charge in [0.15, 0.2) is 0 Å². The van der Waals surface area contributed by atoms with Crippen molar-refractivity contribution in [1.29, 1.82) is 0 Å². The van der Waals surface area contributed by atoms with Crippen LogP contribution in [0.4, 0.5) is 0 Å². The summed E-state index contributed by atoms with van der Waals surface area (Å²) in [6, 6.07) is 8.57. The Balaban J connectivity index is 1.35. The van der Waals surface area contributed by atoms with Gasteiger partial charge < -0.3 is 10.6 Å². The highest BCUT2D eigenvalue weighted by Crippen LogP contribution is 2.27. The predicted octanol–water partition coefficient (Wildman–Crippen LogP) is 2.77. The first-order valence-corrected chi connectivity index (χ1v) is 10.3. The number of amides is 2. The maximum absolute atomic E-state index is 12.4. The molecular weight excluding hydrogens is 338 g/mol. The van der Waals surface area contributed by atoms with Gasteiger partial charge in [-0.15, -0.1) is 0 Å². The van der Waals surface area contributed by atoms with Gasteiger partial charge in [0.05, 0.1) is 6.04 Å². The Hall–Kier alpha value is -1.88. The molecule has 2 N–H and O–H groups in total. The molecule has 5 heteroatoms. The van der Waals surface area contributed by atoms with Gasteiger partial charge in [-0.1, -0.05) is 29.8 Å². The monoisotopic (exact) mass is 371 g/mol. The topological polar surface area (TPSA) is 61.4 Å². The second kappa shape index (κ2) is 9.36. The molecule has 0 unspecified atom stereocenters. The molecule has 0 bridgehead atoms. The van der Waals surface area contributed by atoms with Crippen molar-refractivity contribution in [3.05, 3.63) is 35.4 Å². The molecular formula is C22H33N3O2. The smallest absolute Gasteiger partial charge is 0.237 e. The summed E-state index contributed by atoms with van der Waals surface area (Å²) >= 11 is 0. The zero-order chi connectivity index (χ0) is 19.2. The van der Waals surface area contributed by atoms with Crippen LogP contribution in [-0.4, -0.2) is 42.4 Å². The Bertz CT molecular complexity index is 653. The van der Waals surface area contributed by atoms with E-state index in [2.05, 4.69) is 34.6 Å². The van der Waals surface area contributed by atoms with Crippen LogP contribution in [0, 0.1) is 12.8 Å². The third-order valence-electron chi connectivity index (χ3n) is 6.06. The fourth-order valence-electron chi connectivity index (χ4n) is 4.41. The van der Waals surface area contributed by atoms with Gasteiger partial charge in [-0.3, -0.25) is 14.5 Å². The second-order valence-electron chi connectivity index (χ2n) is 8.33. The maximum Gasteiger partial charge on any atom is 0.237 e. The summed E-state index contributed by atoms with van der Waals surface area (Å²) < 4.78 is 0. The Morgan fingerprint density at radius 2 is 1.93 bits per heavy atom. The Labute approximate surface area is 162 Å². The third kappa shape index (κ3) is 5.80. The van der Waals surface area contributed by atoms with Crippen molar-refractivity contribution in [1.82, 2.24) is 15.5 Å². The quantitative estimate of drug-likeness (QED) is 0.808. The molecule has 0 aromatic heterocycles. The summed E-state index contributed by atoms with van der Waals surface area (Å²) in [5, 5.41) is 6.28. The number of likely N-dealkylation sites (tertiary alicyclic amines) is 1. The van der Waals surface area contributed by atoms with Crippen LogP contribution >= 0.6 is 0 Å². The summed E-state index contributed by atoms with van der Waals surface area (Å²) in [7, 11) is 2.03. The SMILES string of the molecule is Cc1cccc(CNC(=O)C[C@H]2CC[C@@H](NC(=O)[C@@H]3CCCN3C)CC2)c1. The van der Waals surface area contributed by atoms with Crippen molar-refractivity contribution in [3.8, 4) is 0 Å². The van der Waals surface area contributed by atoms with E-state index in [0.29, 0.717) is 18.9 Å². The van der Waals surface area contributed by atoms with Gasteiger partial charge in [0.25, 0.3) is 0 Å². The van der Waals surface area contributed by atoms with Crippen LogP contribution in [0.3, 0.4) is 0 Å². The fourth-order valence-corrected chi connectivity index (χ4v) is 4.41. The Morgan fingerprint density at radius 1 is 1.15 bits per heavy atom. The number of rotatable bonds is 6. The highest BCUT2D eigenvalue weighted by molar-refractivity contribution is 5.82. The molecule has 2 aliphatic rings. The van der Waals surface area contributed by atoms with E-state index in [9.17, 15) is 9.59 Å². The van der Waals surface area contributed by atoms with Crippen LogP contribution in [0.15, 0.2) is 24.3 Å². The van der Waals surface area contributed by atoms with Crippen molar-refractivity contribution in [2.45, 2.75) is 70.5 Å². The lowest BCUT2D eigenvalue weighted by atomic mass is 9.84. The van der Waals surface area contributed by atoms with Gasteiger partial charge in [0.2, 0.25) is 11.8 Å². The molecule has 0 spiro atoms. The molecule has 1 saturated heterocycles. The lowest BCUT2D eigenvalue weighted by Gasteiger charge is -2.30. The average molecular weight is 372 g/mol. The number of aryl methyl sites for hydroxylation is 1. The Morgan fingerprint density at radius 3 is 2.59 bits per heavy atom. The van der Waals surface area contributed by atoms with E-state index in [1.165, 1.54) is 5.56 Å². The molecule has 1 aliphatic heterocycles. The first-order chi connectivity index (χ1) is 13.0. The third-order valence-corrected chi connectivity index (χ3v) is 6.06. The minimum Gasteiger partial charge on any atom is -0.352 e. The van der Waals surface area contributed by atoms with E-state index in [1.54, 1.807) is 0 Å². The Kier molecular flexibility index (Phi) is 6.89. The van der Waals surface area contributed by atoms with Gasteiger partial charge in [0.1, 0.15) is 0 Å². The van der Waals surface area contributed by atoms with E-state index >= 15 is 0 Å². The molecule has 3 rings (SSSR count). The van der Waals surface area contributed by atoms with E-state index in [-0.39, 0.29) is 23.9 Å². The molecule has 5 nitrogen and oxygen atoms in total. The van der Waals surface area contributed by atoms with Crippen LogP contribution < -0.4 is 10.6 Å². The minimum absolute atomic E-state index is 0.0510. The predicted molar refractivity (Wildman–Crippen MR) is 107 cm³/mol. The van der Waals surface area contributed by atoms with Crippen LogP contribution in [0.1, 0.15) is 56.1 Å². The lowest BCUT2D eigenvalue weighted by molar-refractivity contribution is -0.126. The van der Waals surface area contributed by atoms with Crippen LogP contribution in [0.5, 0.6) is 0 Å². The van der Waals surface area contributed by atoms with Crippen molar-refractivity contribution in [2.24, 2.45) is 5.92 Å². The molecule has 1 aliphatic carbocycles. The zero-order valence-electron chi connectivity index (χ0n) is 16.7. The van der Waals surface area contributed by atoms with Gasteiger partial charge in [-0.05, 0) is 70.5 Å². The summed E-state index contributed by atoms with van der Waals surface area (Å²) in [5.74, 6) is 0.760. The summed E-state index contributed by atoms with van der Waals surface area (Å²) in [4.78, 5) is 26.8. The number of benzene rings is 1. The van der Waals surface area contributed by atoms with Crippen LogP contribution in [0.2, 0.25) is 0 Å². The highest BCUT2D eigenvalue weighted by Gasteiger charge is 2.30. The molecule has 27 heavy (non-hydrogen) atoms. The van der Waals surface area contributed by atoms with E-state index in [0.717, 1.165) is 50.6 Å². The van der Waals surface area contributed by atoms with Crippen LogP contribution in [0.25, 0.3) is 0 Å².